The van der Waals surface area contributed by atoms with Crippen molar-refractivity contribution >= 4 is 17.5 Å². The lowest BCUT2D eigenvalue weighted by Gasteiger charge is -2.13. The van der Waals surface area contributed by atoms with Crippen LogP contribution >= 0.6 is 11.6 Å². The zero-order chi connectivity index (χ0) is 24.2. The van der Waals surface area contributed by atoms with Crippen LogP contribution in [-0.2, 0) is 13.1 Å². The zero-order valence-electron chi connectivity index (χ0n) is 18.0. The first-order chi connectivity index (χ1) is 16.3. The van der Waals surface area contributed by atoms with E-state index < -0.39 is 28.7 Å². The summed E-state index contributed by atoms with van der Waals surface area (Å²) in [5, 5.41) is 7.03. The molecule has 0 saturated carbocycles. The molecule has 1 N–H and O–H groups in total. The van der Waals surface area contributed by atoms with Gasteiger partial charge in [0.15, 0.2) is 0 Å². The Morgan fingerprint density at radius 3 is 2.62 bits per heavy atom. The van der Waals surface area contributed by atoms with E-state index >= 15 is 0 Å². The van der Waals surface area contributed by atoms with Crippen LogP contribution in [0.15, 0.2) is 76.4 Å². The second kappa shape index (κ2) is 9.80. The van der Waals surface area contributed by atoms with Gasteiger partial charge in [0.1, 0.15) is 5.82 Å². The quantitative estimate of drug-likeness (QED) is 0.458. The number of benzene rings is 2. The lowest BCUT2D eigenvalue weighted by molar-refractivity contribution is 0.0940. The monoisotopic (exact) mass is 479 g/mol. The molecule has 2 heterocycles. The maximum atomic E-state index is 13.7. The number of aromatic nitrogens is 4. The molecular weight excluding hydrogens is 461 g/mol. The first-order valence-corrected chi connectivity index (χ1v) is 10.6. The van der Waals surface area contributed by atoms with Crippen molar-refractivity contribution in [2.75, 3.05) is 0 Å². The summed E-state index contributed by atoms with van der Waals surface area (Å²) in [6.45, 7) is 1.60. The molecule has 0 aliphatic carbocycles. The minimum Gasteiger partial charge on any atom is -0.345 e. The van der Waals surface area contributed by atoms with Gasteiger partial charge in [0, 0.05) is 11.2 Å². The first-order valence-electron chi connectivity index (χ1n) is 10.3. The van der Waals surface area contributed by atoms with Crippen molar-refractivity contribution in [1.29, 1.82) is 0 Å². The van der Waals surface area contributed by atoms with Gasteiger partial charge in [-0.2, -0.15) is 9.78 Å². The van der Waals surface area contributed by atoms with E-state index in [-0.39, 0.29) is 18.8 Å². The lowest BCUT2D eigenvalue weighted by Crippen LogP contribution is -2.46. The van der Waals surface area contributed by atoms with Gasteiger partial charge in [-0.3, -0.25) is 19.1 Å². The van der Waals surface area contributed by atoms with E-state index in [9.17, 15) is 18.8 Å². The second-order valence-corrected chi connectivity index (χ2v) is 7.91. The molecule has 10 heteroatoms. The summed E-state index contributed by atoms with van der Waals surface area (Å²) < 4.78 is 15.5. The number of hydrogen-bond donors (Lipinski definition) is 1. The Balaban J connectivity index is 1.81. The fourth-order valence-corrected chi connectivity index (χ4v) is 3.43. The second-order valence-electron chi connectivity index (χ2n) is 7.50. The summed E-state index contributed by atoms with van der Waals surface area (Å²) in [6, 6.07) is 15.5. The third-order valence-electron chi connectivity index (χ3n) is 5.06. The van der Waals surface area contributed by atoms with Crippen LogP contribution in [0.25, 0.3) is 5.69 Å². The van der Waals surface area contributed by atoms with Crippen LogP contribution in [-0.4, -0.2) is 25.2 Å². The van der Waals surface area contributed by atoms with Crippen molar-refractivity contribution in [2.24, 2.45) is 0 Å². The van der Waals surface area contributed by atoms with Crippen molar-refractivity contribution < 1.29 is 9.18 Å². The molecule has 0 aliphatic heterocycles. The number of nitrogens with one attached hydrogen (secondary N) is 1. The van der Waals surface area contributed by atoms with E-state index in [1.807, 2.05) is 0 Å². The van der Waals surface area contributed by atoms with Crippen molar-refractivity contribution in [1.82, 2.24) is 24.6 Å². The first kappa shape index (κ1) is 23.1. The molecule has 1 amide bonds. The molecule has 8 nitrogen and oxygen atoms in total. The average molecular weight is 480 g/mol. The van der Waals surface area contributed by atoms with Crippen LogP contribution < -0.4 is 16.6 Å². The molecule has 0 fully saturated rings. The summed E-state index contributed by atoms with van der Waals surface area (Å²) in [5.41, 5.74) is -0.193. The minimum atomic E-state index is -0.901. The number of pyridine rings is 1. The largest absolute Gasteiger partial charge is 0.352 e. The smallest absolute Gasteiger partial charge is 0.345 e. The third-order valence-corrected chi connectivity index (χ3v) is 5.47. The highest BCUT2D eigenvalue weighted by molar-refractivity contribution is 6.31. The Kier molecular flexibility index (Phi) is 6.65. The van der Waals surface area contributed by atoms with Crippen LogP contribution in [0.4, 0.5) is 4.39 Å². The predicted molar refractivity (Wildman–Crippen MR) is 125 cm³/mol. The van der Waals surface area contributed by atoms with E-state index in [0.29, 0.717) is 16.3 Å². The molecule has 0 spiro atoms. The number of rotatable bonds is 6. The van der Waals surface area contributed by atoms with Gasteiger partial charge in [0.05, 0.1) is 24.5 Å². The number of hydrogen-bond acceptors (Lipinski definition) is 5. The Morgan fingerprint density at radius 1 is 1.09 bits per heavy atom. The van der Waals surface area contributed by atoms with E-state index in [0.717, 1.165) is 14.8 Å². The van der Waals surface area contributed by atoms with E-state index in [1.54, 1.807) is 49.5 Å². The van der Waals surface area contributed by atoms with Crippen LogP contribution in [0, 0.1) is 12.7 Å². The molecule has 4 aromatic rings. The Labute approximate surface area is 198 Å². The molecule has 4 rings (SSSR count). The number of halogens is 2. The highest BCUT2D eigenvalue weighted by atomic mass is 35.5. The number of aryl methyl sites for hydroxylation is 1. The van der Waals surface area contributed by atoms with Gasteiger partial charge < -0.3 is 5.32 Å². The summed E-state index contributed by atoms with van der Waals surface area (Å²) in [6.07, 6.45) is 1.58. The van der Waals surface area contributed by atoms with Gasteiger partial charge in [0.2, 0.25) is 5.69 Å². The van der Waals surface area contributed by atoms with Crippen LogP contribution in [0.5, 0.6) is 0 Å². The van der Waals surface area contributed by atoms with Gasteiger partial charge in [-0.05, 0) is 54.4 Å². The minimum absolute atomic E-state index is 0.0557. The third kappa shape index (κ3) is 4.94. The number of amides is 1. The molecule has 0 radical (unpaired) electrons. The molecule has 2 aromatic heterocycles. The molecular formula is C24H19ClFN5O3. The normalized spacial score (nSPS) is 10.8. The molecule has 34 heavy (non-hydrogen) atoms. The molecule has 0 saturated heterocycles. The summed E-state index contributed by atoms with van der Waals surface area (Å²) in [4.78, 5) is 43.4. The van der Waals surface area contributed by atoms with E-state index in [1.165, 1.54) is 24.3 Å². The fourth-order valence-electron chi connectivity index (χ4n) is 3.25. The number of nitrogens with zero attached hydrogens (tertiary/aromatic N) is 4. The summed E-state index contributed by atoms with van der Waals surface area (Å²) in [7, 11) is 0. The maximum Gasteiger partial charge on any atom is 0.352 e. The molecule has 0 bridgehead atoms. The highest BCUT2D eigenvalue weighted by Gasteiger charge is 2.21. The van der Waals surface area contributed by atoms with Crippen LogP contribution in [0.1, 0.15) is 27.3 Å². The number of carbonyl (C=O) groups excluding carboxylic acids is 1. The van der Waals surface area contributed by atoms with Gasteiger partial charge in [0.25, 0.3) is 11.5 Å². The van der Waals surface area contributed by atoms with Gasteiger partial charge in [-0.1, -0.05) is 35.9 Å². The standard InChI is InChI=1S/C24H19ClFN5O3/c1-15-8-9-19(12-20(15)25)31-24(34)30(14-16-5-4-6-17(26)11-16)23(33)21(29-31)22(32)28-13-18-7-2-3-10-27-18/h2-12H,13-14H2,1H3,(H,28,32). The molecule has 172 valence electrons. The molecule has 2 aromatic carbocycles. The predicted octanol–water partition coefficient (Wildman–Crippen LogP) is 2.87. The van der Waals surface area contributed by atoms with Gasteiger partial charge in [-0.25, -0.2) is 9.18 Å². The Morgan fingerprint density at radius 2 is 1.91 bits per heavy atom. The fraction of sp³-hybridized carbons (Fsp3) is 0.125. The topological polar surface area (TPSA) is 98.9 Å². The van der Waals surface area contributed by atoms with E-state index in [4.69, 9.17) is 11.6 Å². The average Bonchev–Trinajstić information content (AvgIpc) is 2.83. The van der Waals surface area contributed by atoms with Crippen molar-refractivity contribution in [3.63, 3.8) is 0 Å². The van der Waals surface area contributed by atoms with Crippen molar-refractivity contribution in [3.8, 4) is 5.69 Å². The van der Waals surface area contributed by atoms with Gasteiger partial charge >= 0.3 is 5.69 Å². The van der Waals surface area contributed by atoms with E-state index in [2.05, 4.69) is 15.4 Å². The number of carbonyl (C=O) groups is 1. The highest BCUT2D eigenvalue weighted by Crippen LogP contribution is 2.18. The Bertz CT molecular complexity index is 1480. The van der Waals surface area contributed by atoms with Crippen LogP contribution in [0.3, 0.4) is 0 Å². The van der Waals surface area contributed by atoms with Gasteiger partial charge in [-0.15, -0.1) is 0 Å². The van der Waals surface area contributed by atoms with Crippen LogP contribution in [0.2, 0.25) is 5.02 Å². The zero-order valence-corrected chi connectivity index (χ0v) is 18.8. The molecule has 0 unspecified atom stereocenters. The van der Waals surface area contributed by atoms with Crippen molar-refractivity contribution in [3.05, 3.63) is 121 Å². The summed E-state index contributed by atoms with van der Waals surface area (Å²) >= 11 is 6.21. The lowest BCUT2D eigenvalue weighted by atomic mass is 10.2. The molecule has 0 aliphatic rings. The van der Waals surface area contributed by atoms with Crippen molar-refractivity contribution in [2.45, 2.75) is 20.0 Å². The summed E-state index contributed by atoms with van der Waals surface area (Å²) in [5.74, 6) is -1.30. The maximum absolute atomic E-state index is 13.7. The Hall–Kier alpha value is -4.11. The molecule has 0 atom stereocenters. The SMILES string of the molecule is Cc1ccc(-n2nc(C(=O)NCc3ccccn3)c(=O)n(Cc3cccc(F)c3)c2=O)cc1Cl.